The Morgan fingerprint density at radius 3 is 2.50 bits per heavy atom. The summed E-state index contributed by atoms with van der Waals surface area (Å²) in [7, 11) is 0. The normalized spacial score (nSPS) is 35.3. The van der Waals surface area contributed by atoms with Gasteiger partial charge in [0, 0.05) is 18.6 Å². The second kappa shape index (κ2) is 4.67. The molecule has 1 N–H and O–H groups in total. The second-order valence-electron chi connectivity index (χ2n) is 6.15. The molecule has 2 bridgehead atoms. The van der Waals surface area contributed by atoms with Crippen molar-refractivity contribution in [2.24, 2.45) is 11.8 Å². The molecule has 2 heteroatoms. The van der Waals surface area contributed by atoms with Crippen LogP contribution in [0.1, 0.15) is 30.9 Å². The summed E-state index contributed by atoms with van der Waals surface area (Å²) in [4.78, 5) is 2.54. The maximum absolute atomic E-state index is 9.65. The number of aryl methyl sites for hydroxylation is 1. The molecular weight excluding hydrogens is 222 g/mol. The average molecular weight is 245 g/mol. The van der Waals surface area contributed by atoms with Crippen molar-refractivity contribution in [2.45, 2.75) is 45.3 Å². The van der Waals surface area contributed by atoms with Gasteiger partial charge in [-0.3, -0.25) is 4.90 Å². The highest BCUT2D eigenvalue weighted by Gasteiger charge is 2.47. The number of nitrogens with zero attached hydrogens (tertiary/aromatic N) is 1. The lowest BCUT2D eigenvalue weighted by atomic mass is 9.65. The van der Waals surface area contributed by atoms with Crippen LogP contribution in [-0.2, 0) is 6.54 Å². The molecule has 98 valence electrons. The fourth-order valence-electron chi connectivity index (χ4n) is 3.64. The first-order chi connectivity index (χ1) is 8.69. The second-order valence-corrected chi connectivity index (χ2v) is 6.15. The van der Waals surface area contributed by atoms with Gasteiger partial charge in [-0.25, -0.2) is 0 Å². The Morgan fingerprint density at radius 2 is 1.89 bits per heavy atom. The van der Waals surface area contributed by atoms with Gasteiger partial charge in [0.2, 0.25) is 0 Å². The summed E-state index contributed by atoms with van der Waals surface area (Å²) in [6.07, 6.45) is 2.67. The maximum atomic E-state index is 9.65. The van der Waals surface area contributed by atoms with Gasteiger partial charge in [0.1, 0.15) is 0 Å². The van der Waals surface area contributed by atoms with Crippen LogP contribution in [0.25, 0.3) is 0 Å². The van der Waals surface area contributed by atoms with Crippen molar-refractivity contribution in [1.29, 1.82) is 0 Å². The number of aliphatic hydroxyl groups is 1. The maximum Gasteiger partial charge on any atom is 0.0589 e. The molecule has 1 aromatic rings. The number of fused-ring (bicyclic) bond motifs is 2. The predicted molar refractivity (Wildman–Crippen MR) is 73.3 cm³/mol. The van der Waals surface area contributed by atoms with Crippen molar-refractivity contribution >= 4 is 0 Å². The van der Waals surface area contributed by atoms with E-state index in [0.29, 0.717) is 24.6 Å². The molecule has 2 atom stereocenters. The first-order valence-corrected chi connectivity index (χ1v) is 7.11. The topological polar surface area (TPSA) is 23.5 Å². The molecule has 1 aromatic carbocycles. The number of hydrogen-bond acceptors (Lipinski definition) is 2. The van der Waals surface area contributed by atoms with E-state index < -0.39 is 0 Å². The third-order valence-electron chi connectivity index (χ3n) is 5.07. The van der Waals surface area contributed by atoms with E-state index in [1.165, 1.54) is 24.0 Å². The molecule has 2 heterocycles. The molecule has 3 fully saturated rings. The van der Waals surface area contributed by atoms with E-state index in [1.54, 1.807) is 0 Å². The van der Waals surface area contributed by atoms with E-state index in [4.69, 9.17) is 0 Å². The van der Waals surface area contributed by atoms with Crippen LogP contribution in [0.2, 0.25) is 0 Å². The Kier molecular flexibility index (Phi) is 3.16. The molecule has 1 saturated carbocycles. The molecular formula is C16H23NO. The molecule has 4 rings (SSSR count). The third-order valence-corrected chi connectivity index (χ3v) is 5.07. The number of hydrogen-bond donors (Lipinski definition) is 1. The third kappa shape index (κ3) is 1.98. The predicted octanol–water partition coefficient (Wildman–Crippen LogP) is 2.59. The summed E-state index contributed by atoms with van der Waals surface area (Å²) < 4.78 is 0. The van der Waals surface area contributed by atoms with Gasteiger partial charge in [-0.05, 0) is 37.2 Å². The molecule has 1 aliphatic carbocycles. The van der Waals surface area contributed by atoms with Crippen molar-refractivity contribution < 1.29 is 5.11 Å². The molecule has 0 amide bonds. The molecule has 18 heavy (non-hydrogen) atoms. The lowest BCUT2D eigenvalue weighted by Gasteiger charge is -2.57. The van der Waals surface area contributed by atoms with Gasteiger partial charge >= 0.3 is 0 Å². The first kappa shape index (κ1) is 12.2. The summed E-state index contributed by atoms with van der Waals surface area (Å²) in [5.41, 5.74) is 2.68. The zero-order valence-electron chi connectivity index (χ0n) is 11.3. The van der Waals surface area contributed by atoms with Crippen molar-refractivity contribution in [3.63, 3.8) is 0 Å². The molecule has 0 spiro atoms. The molecule has 2 saturated heterocycles. The number of rotatable bonds is 3. The Morgan fingerprint density at radius 1 is 1.22 bits per heavy atom. The number of benzene rings is 1. The van der Waals surface area contributed by atoms with Crippen LogP contribution in [0.3, 0.4) is 0 Å². The van der Waals surface area contributed by atoms with Gasteiger partial charge < -0.3 is 5.11 Å². The van der Waals surface area contributed by atoms with Crippen LogP contribution in [0.15, 0.2) is 24.3 Å². The largest absolute Gasteiger partial charge is 0.395 e. The highest BCUT2D eigenvalue weighted by molar-refractivity contribution is 5.22. The lowest BCUT2D eigenvalue weighted by Crippen LogP contribution is -2.61. The van der Waals surface area contributed by atoms with Gasteiger partial charge in [0.15, 0.2) is 0 Å². The van der Waals surface area contributed by atoms with Gasteiger partial charge in [-0.1, -0.05) is 36.8 Å². The Bertz CT molecular complexity index is 408. The number of aliphatic hydroxyl groups excluding tert-OH is 1. The molecule has 2 aliphatic heterocycles. The molecule has 0 unspecified atom stereocenters. The minimum atomic E-state index is 0.306. The van der Waals surface area contributed by atoms with E-state index in [0.717, 1.165) is 12.5 Å². The van der Waals surface area contributed by atoms with Gasteiger partial charge in [-0.2, -0.15) is 0 Å². The summed E-state index contributed by atoms with van der Waals surface area (Å²) >= 11 is 0. The zero-order valence-corrected chi connectivity index (χ0v) is 11.3. The Labute approximate surface area is 110 Å². The molecule has 2 nitrogen and oxygen atoms in total. The first-order valence-electron chi connectivity index (χ1n) is 7.11. The van der Waals surface area contributed by atoms with E-state index >= 15 is 0 Å². The summed E-state index contributed by atoms with van der Waals surface area (Å²) in [6, 6.07) is 9.88. The minimum absolute atomic E-state index is 0.306. The standard InChI is InChI=1S/C16H23NO/c1-11-3-5-13(6-4-11)9-17-15-7-14(8-15)12(2)16(17)10-18/h3-6,12,14-16,18H,7-10H2,1-2H3/t12-,14?,15?,16+/m0/s1. The van der Waals surface area contributed by atoms with Gasteiger partial charge in [0.25, 0.3) is 0 Å². The van der Waals surface area contributed by atoms with Crippen LogP contribution >= 0.6 is 0 Å². The quantitative estimate of drug-likeness (QED) is 0.885. The van der Waals surface area contributed by atoms with Crippen LogP contribution in [0.4, 0.5) is 0 Å². The van der Waals surface area contributed by atoms with E-state index in [2.05, 4.69) is 43.0 Å². The van der Waals surface area contributed by atoms with Crippen molar-refractivity contribution in [3.8, 4) is 0 Å². The van der Waals surface area contributed by atoms with Crippen molar-refractivity contribution in [2.75, 3.05) is 6.61 Å². The van der Waals surface area contributed by atoms with Crippen molar-refractivity contribution in [3.05, 3.63) is 35.4 Å². The SMILES string of the molecule is Cc1ccc(CN2C3CC(C3)[C@H](C)[C@H]2CO)cc1. The monoisotopic (exact) mass is 245 g/mol. The average Bonchev–Trinajstić information content (AvgIpc) is 2.30. The van der Waals surface area contributed by atoms with Crippen LogP contribution in [0, 0.1) is 18.8 Å². The minimum Gasteiger partial charge on any atom is -0.395 e. The van der Waals surface area contributed by atoms with Crippen LogP contribution in [0.5, 0.6) is 0 Å². The lowest BCUT2D eigenvalue weighted by molar-refractivity contribution is -0.0955. The molecule has 3 aliphatic rings. The summed E-state index contributed by atoms with van der Waals surface area (Å²) in [6.45, 7) is 5.73. The van der Waals surface area contributed by atoms with Crippen molar-refractivity contribution in [1.82, 2.24) is 4.90 Å². The van der Waals surface area contributed by atoms with E-state index in [9.17, 15) is 5.11 Å². The van der Waals surface area contributed by atoms with E-state index in [-0.39, 0.29) is 0 Å². The summed E-state index contributed by atoms with van der Waals surface area (Å²) in [5.74, 6) is 1.51. The molecule has 0 radical (unpaired) electrons. The van der Waals surface area contributed by atoms with Crippen LogP contribution in [-0.4, -0.2) is 28.7 Å². The Balaban J connectivity index is 1.75. The number of piperidine rings is 2. The zero-order chi connectivity index (χ0) is 12.7. The summed E-state index contributed by atoms with van der Waals surface area (Å²) in [5, 5.41) is 9.65. The fourth-order valence-corrected chi connectivity index (χ4v) is 3.64. The Hall–Kier alpha value is -0.860. The van der Waals surface area contributed by atoms with E-state index in [1.807, 2.05) is 0 Å². The molecule has 0 aromatic heterocycles. The van der Waals surface area contributed by atoms with Gasteiger partial charge in [-0.15, -0.1) is 0 Å². The van der Waals surface area contributed by atoms with Crippen LogP contribution < -0.4 is 0 Å². The fraction of sp³-hybridized carbons (Fsp3) is 0.625. The smallest absolute Gasteiger partial charge is 0.0589 e. The highest BCUT2D eigenvalue weighted by atomic mass is 16.3. The highest BCUT2D eigenvalue weighted by Crippen LogP contribution is 2.46. The van der Waals surface area contributed by atoms with Gasteiger partial charge in [0.05, 0.1) is 6.61 Å².